The van der Waals surface area contributed by atoms with Gasteiger partial charge in [0.15, 0.2) is 4.36 Å². The minimum Gasteiger partial charge on any atom is -0.480 e. The molecule has 0 aliphatic carbocycles. The fourth-order valence-electron chi connectivity index (χ4n) is 10.7. The first-order valence-corrected chi connectivity index (χ1v) is 29.1. The summed E-state index contributed by atoms with van der Waals surface area (Å²) in [4.78, 5) is 101. The van der Waals surface area contributed by atoms with Gasteiger partial charge < -0.3 is 39.9 Å². The van der Waals surface area contributed by atoms with Crippen LogP contribution in [0.1, 0.15) is 111 Å². The number of ether oxygens (including phenoxy) is 2. The summed E-state index contributed by atoms with van der Waals surface area (Å²) >= 11 is 5.68. The lowest BCUT2D eigenvalue weighted by molar-refractivity contribution is -0.148. The number of carbonyl (C=O) groups is 7. The van der Waals surface area contributed by atoms with Gasteiger partial charge >= 0.3 is 5.97 Å². The van der Waals surface area contributed by atoms with Crippen LogP contribution in [0.5, 0.6) is 0 Å². The molecule has 9 atom stereocenters. The Morgan fingerprint density at radius 2 is 1.50 bits per heavy atom. The summed E-state index contributed by atoms with van der Waals surface area (Å²) in [6, 6.07) is 13.0. The molecule has 0 radical (unpaired) electrons. The highest BCUT2D eigenvalue weighted by molar-refractivity contribution is 7.95. The smallest absolute Gasteiger partial charge is 0.326 e. The molecule has 4 rings (SSSR count). The number of carbonyl (C=O) groups excluding carboxylic acids is 6. The van der Waals surface area contributed by atoms with E-state index in [9.17, 15) is 47.1 Å². The quantitative estimate of drug-likeness (QED) is 0.0755. The van der Waals surface area contributed by atoms with Crippen LogP contribution in [-0.2, 0) is 65.9 Å². The SMILES string of the molecule is CC[C@H](C)[C@@H]([C@@H](CC(=O)N1CCC[C@H]1[C@H](OC)[C@@H](C)C(=O)N[C@@H](Cc1ccccc1)C(=O)O)OC)N(C)C(=O)[C@@H](NC(=O)C(C(C)C)N(C)CCc1ccc(N(C)C(=O)CCCCCN2C(=O)C=C(Cl)S2(=O)=O)cc1)C(C)C. The number of amides is 6. The van der Waals surface area contributed by atoms with Gasteiger partial charge in [-0.25, -0.2) is 17.5 Å². The third-order valence-electron chi connectivity index (χ3n) is 15.5. The first kappa shape index (κ1) is 65.1. The number of benzene rings is 2. The van der Waals surface area contributed by atoms with Crippen LogP contribution in [0.2, 0.25) is 0 Å². The number of nitrogens with zero attached hydrogens (tertiary/aromatic N) is 5. The molecule has 2 heterocycles. The molecule has 6 amide bonds. The highest BCUT2D eigenvalue weighted by Gasteiger charge is 2.44. The van der Waals surface area contributed by atoms with Crippen LogP contribution in [0.25, 0.3) is 0 Å². The van der Waals surface area contributed by atoms with E-state index in [2.05, 4.69) is 10.6 Å². The molecule has 0 bridgehead atoms. The molecule has 19 nitrogen and oxygen atoms in total. The van der Waals surface area contributed by atoms with E-state index >= 15 is 0 Å². The van der Waals surface area contributed by atoms with Crippen LogP contribution in [0.4, 0.5) is 5.69 Å². The Labute approximate surface area is 467 Å². The molecular weight excluding hydrogens is 1040 g/mol. The second-order valence-corrected chi connectivity index (χ2v) is 24.1. The predicted molar refractivity (Wildman–Crippen MR) is 300 cm³/mol. The van der Waals surface area contributed by atoms with Gasteiger partial charge in [0.25, 0.3) is 15.9 Å². The first-order chi connectivity index (χ1) is 36.8. The van der Waals surface area contributed by atoms with Crippen LogP contribution in [0, 0.1) is 23.7 Å². The summed E-state index contributed by atoms with van der Waals surface area (Å²) in [5.74, 6) is -4.58. The number of unbranched alkanes of at least 4 members (excludes halogenated alkanes) is 2. The molecule has 2 aromatic carbocycles. The number of rotatable bonds is 31. The number of nitrogens with one attached hydrogen (secondary N) is 2. The van der Waals surface area contributed by atoms with E-state index < -0.39 is 80.5 Å². The number of anilines is 1. The topological polar surface area (TPSA) is 233 Å². The maximum atomic E-state index is 14.7. The summed E-state index contributed by atoms with van der Waals surface area (Å²) in [7, 11) is 4.32. The second-order valence-electron chi connectivity index (χ2n) is 21.6. The molecule has 3 N–H and O–H groups in total. The van der Waals surface area contributed by atoms with Gasteiger partial charge in [-0.3, -0.25) is 33.7 Å². The Morgan fingerprint density at radius 1 is 0.846 bits per heavy atom. The Hall–Kier alpha value is -5.41. The Balaban J connectivity index is 1.36. The number of carboxylic acid groups (broad SMARTS) is 1. The van der Waals surface area contributed by atoms with Crippen molar-refractivity contribution in [1.29, 1.82) is 0 Å². The Kier molecular flexibility index (Phi) is 25.3. The highest BCUT2D eigenvalue weighted by atomic mass is 35.5. The lowest BCUT2D eigenvalue weighted by atomic mass is 9.89. The minimum atomic E-state index is -3.96. The fraction of sp³-hybridized carbons (Fsp3) is 0.632. The van der Waals surface area contributed by atoms with Crippen LogP contribution in [0.15, 0.2) is 65.0 Å². The van der Waals surface area contributed by atoms with E-state index in [4.69, 9.17) is 21.1 Å². The number of hydrogen-bond donors (Lipinski definition) is 3. The number of methoxy groups -OCH3 is 2. The van der Waals surface area contributed by atoms with Gasteiger partial charge in [-0.15, -0.1) is 0 Å². The van der Waals surface area contributed by atoms with Crippen molar-refractivity contribution >= 4 is 68.7 Å². The first-order valence-electron chi connectivity index (χ1n) is 27.3. The molecule has 0 spiro atoms. The third kappa shape index (κ3) is 17.1. The maximum absolute atomic E-state index is 14.7. The number of halogens is 1. The lowest BCUT2D eigenvalue weighted by Gasteiger charge is -2.41. The van der Waals surface area contributed by atoms with E-state index in [1.165, 1.54) is 14.2 Å². The van der Waals surface area contributed by atoms with Crippen molar-refractivity contribution < 1.29 is 56.6 Å². The van der Waals surface area contributed by atoms with E-state index in [1.54, 1.807) is 60.0 Å². The zero-order valence-electron chi connectivity index (χ0n) is 47.8. The van der Waals surface area contributed by atoms with Gasteiger partial charge in [-0.05, 0) is 80.2 Å². The van der Waals surface area contributed by atoms with Crippen molar-refractivity contribution in [3.8, 4) is 0 Å². The van der Waals surface area contributed by atoms with Crippen molar-refractivity contribution in [3.63, 3.8) is 0 Å². The molecule has 0 saturated carbocycles. The van der Waals surface area contributed by atoms with Gasteiger partial charge in [0.1, 0.15) is 12.1 Å². The van der Waals surface area contributed by atoms with Crippen LogP contribution in [-0.4, -0.2) is 171 Å². The molecule has 78 heavy (non-hydrogen) atoms. The van der Waals surface area contributed by atoms with Crippen molar-refractivity contribution in [1.82, 2.24) is 29.6 Å². The van der Waals surface area contributed by atoms with Gasteiger partial charge in [-0.1, -0.05) is 115 Å². The number of carboxylic acids is 1. The van der Waals surface area contributed by atoms with Gasteiger partial charge in [0.2, 0.25) is 29.5 Å². The molecule has 0 aromatic heterocycles. The van der Waals surface area contributed by atoms with Crippen molar-refractivity contribution in [2.45, 2.75) is 155 Å². The molecule has 434 valence electrons. The number of sulfonamides is 1. The molecule has 1 fully saturated rings. The van der Waals surface area contributed by atoms with Gasteiger partial charge in [0.05, 0.1) is 42.7 Å². The second kappa shape index (κ2) is 30.3. The summed E-state index contributed by atoms with van der Waals surface area (Å²) in [6.07, 6.45) is 3.67. The molecule has 2 aromatic rings. The highest BCUT2D eigenvalue weighted by Crippen LogP contribution is 2.31. The molecule has 2 aliphatic heterocycles. The molecular formula is C57H86ClN7O12S. The van der Waals surface area contributed by atoms with E-state index in [0.717, 1.165) is 21.5 Å². The normalized spacial score (nSPS) is 18.4. The molecule has 21 heteroatoms. The number of aliphatic carboxylic acids is 1. The third-order valence-corrected chi connectivity index (χ3v) is 17.7. The largest absolute Gasteiger partial charge is 0.480 e. The molecule has 2 aliphatic rings. The fourth-order valence-corrected chi connectivity index (χ4v) is 12.2. The summed E-state index contributed by atoms with van der Waals surface area (Å²) in [5.41, 5.74) is 2.47. The Morgan fingerprint density at radius 3 is 2.05 bits per heavy atom. The number of likely N-dealkylation sites (N-methyl/N-ethyl adjacent to an activating group) is 2. The standard InChI is InChI=1S/C57H86ClN7O12S/c1-13-38(6)52(45(76-11)34-48(67)64-30-20-23-44(64)53(77-12)39(7)54(69)59-43(57(72)73)33-41-21-16-14-17-22-41)63(10)56(71)50(36(2)3)60-55(70)51(37(4)5)61(8)32-29-40-25-27-42(28-26-40)62(9)47(66)24-18-15-19-31-65-49(68)35-46(58)78(65,74)75/h14,16-17,21-22,25-28,35-39,43-45,50-53H,13,15,18-20,23-24,29-34H2,1-12H3,(H,59,69)(H,60,70)(H,72,73)/t38-,39+,43-,44-,45+,50-,51?,52-,53+/m0/s1. The van der Waals surface area contributed by atoms with Crippen molar-refractivity contribution in [2.75, 3.05) is 59.9 Å². The minimum absolute atomic E-state index is 0.00254. The number of likely N-dealkylation sites (tertiary alicyclic amines) is 1. The van der Waals surface area contributed by atoms with Crippen molar-refractivity contribution in [3.05, 3.63) is 76.2 Å². The van der Waals surface area contributed by atoms with Crippen LogP contribution in [0.3, 0.4) is 0 Å². The average Bonchev–Trinajstić information content (AvgIpc) is 3.96. The number of hydrogen-bond acceptors (Lipinski definition) is 12. The maximum Gasteiger partial charge on any atom is 0.326 e. The van der Waals surface area contributed by atoms with E-state index in [-0.39, 0.29) is 67.2 Å². The van der Waals surface area contributed by atoms with Crippen LogP contribution < -0.4 is 15.5 Å². The predicted octanol–water partition coefficient (Wildman–Crippen LogP) is 5.83. The summed E-state index contributed by atoms with van der Waals surface area (Å²) in [5, 5.41) is 15.8. The molecule has 1 saturated heterocycles. The van der Waals surface area contributed by atoms with Gasteiger partial charge in [-0.2, -0.15) is 0 Å². The van der Waals surface area contributed by atoms with Gasteiger partial charge in [0, 0.05) is 72.6 Å². The molecule has 1 unspecified atom stereocenters. The summed E-state index contributed by atoms with van der Waals surface area (Å²) in [6.45, 7) is 14.3. The summed E-state index contributed by atoms with van der Waals surface area (Å²) < 4.78 is 36.6. The van der Waals surface area contributed by atoms with E-state index in [0.29, 0.717) is 63.7 Å². The Bertz CT molecular complexity index is 2500. The monoisotopic (exact) mass is 1130 g/mol. The zero-order chi connectivity index (χ0) is 58.2. The van der Waals surface area contributed by atoms with E-state index in [1.807, 2.05) is 83.8 Å². The van der Waals surface area contributed by atoms with Crippen molar-refractivity contribution in [2.24, 2.45) is 23.7 Å². The van der Waals surface area contributed by atoms with Crippen LogP contribution >= 0.6 is 11.6 Å². The lowest BCUT2D eigenvalue weighted by Crippen LogP contribution is -2.60. The average molecular weight is 1130 g/mol. The zero-order valence-corrected chi connectivity index (χ0v) is 49.3.